The Bertz CT molecular complexity index is 382. The normalized spacial score (nSPS) is 18.8. The second kappa shape index (κ2) is 5.50. The summed E-state index contributed by atoms with van der Waals surface area (Å²) < 4.78 is 3.08. The fraction of sp³-hybridized carbons (Fsp3) is 0.750. The van der Waals surface area contributed by atoms with Gasteiger partial charge in [-0.25, -0.2) is 0 Å². The van der Waals surface area contributed by atoms with Crippen LogP contribution in [-0.2, 0) is 13.5 Å². The first-order chi connectivity index (χ1) is 8.13. The minimum absolute atomic E-state index is 0.364. The molecule has 96 valence electrons. The Hall–Kier alpha value is -0.390. The number of hydrazine groups is 1. The second-order valence-corrected chi connectivity index (χ2v) is 5.78. The lowest BCUT2D eigenvalue weighted by Crippen LogP contribution is -2.42. The third-order valence-electron chi connectivity index (χ3n) is 3.86. The van der Waals surface area contributed by atoms with Gasteiger partial charge < -0.3 is 0 Å². The highest BCUT2D eigenvalue weighted by atomic mass is 79.9. The van der Waals surface area contributed by atoms with Gasteiger partial charge in [-0.1, -0.05) is 12.8 Å². The minimum Gasteiger partial charge on any atom is -0.271 e. The Balaban J connectivity index is 2.12. The molecule has 5 heteroatoms. The first-order valence-electron chi connectivity index (χ1n) is 6.27. The average molecular weight is 301 g/mol. The Labute approximate surface area is 111 Å². The Morgan fingerprint density at radius 1 is 1.53 bits per heavy atom. The van der Waals surface area contributed by atoms with E-state index in [4.69, 9.17) is 5.84 Å². The largest absolute Gasteiger partial charge is 0.271 e. The number of hydrogen-bond donors (Lipinski definition) is 2. The molecule has 1 aliphatic carbocycles. The predicted molar refractivity (Wildman–Crippen MR) is 72.4 cm³/mol. The van der Waals surface area contributed by atoms with Crippen molar-refractivity contribution in [3.8, 4) is 0 Å². The molecule has 17 heavy (non-hydrogen) atoms. The van der Waals surface area contributed by atoms with Gasteiger partial charge in [0.15, 0.2) is 0 Å². The van der Waals surface area contributed by atoms with E-state index in [9.17, 15) is 0 Å². The van der Waals surface area contributed by atoms with Crippen molar-refractivity contribution in [2.75, 3.05) is 0 Å². The van der Waals surface area contributed by atoms with Crippen molar-refractivity contribution in [2.45, 2.75) is 45.1 Å². The van der Waals surface area contributed by atoms with E-state index < -0.39 is 0 Å². The number of aromatic nitrogens is 2. The Kier molecular flexibility index (Phi) is 4.22. The van der Waals surface area contributed by atoms with Crippen LogP contribution in [0.5, 0.6) is 0 Å². The van der Waals surface area contributed by atoms with E-state index in [-0.39, 0.29) is 0 Å². The fourth-order valence-corrected chi connectivity index (χ4v) is 3.33. The molecule has 0 radical (unpaired) electrons. The Morgan fingerprint density at radius 2 is 2.18 bits per heavy atom. The van der Waals surface area contributed by atoms with Crippen LogP contribution in [0.25, 0.3) is 0 Å². The number of aryl methyl sites for hydroxylation is 2. The zero-order valence-electron chi connectivity index (χ0n) is 10.5. The summed E-state index contributed by atoms with van der Waals surface area (Å²) in [6.07, 6.45) is 6.22. The summed E-state index contributed by atoms with van der Waals surface area (Å²) in [5.41, 5.74) is 5.27. The second-order valence-electron chi connectivity index (χ2n) is 4.99. The molecule has 1 heterocycles. The molecule has 0 saturated heterocycles. The van der Waals surface area contributed by atoms with Gasteiger partial charge in [-0.3, -0.25) is 16.0 Å². The molecule has 1 unspecified atom stereocenters. The first-order valence-corrected chi connectivity index (χ1v) is 7.07. The molecule has 1 aromatic heterocycles. The van der Waals surface area contributed by atoms with Crippen LogP contribution >= 0.6 is 15.9 Å². The minimum atomic E-state index is 0.364. The van der Waals surface area contributed by atoms with E-state index in [2.05, 4.69) is 26.5 Å². The lowest BCUT2D eigenvalue weighted by Gasteiger charge is -2.22. The maximum absolute atomic E-state index is 5.71. The molecule has 0 aliphatic heterocycles. The Morgan fingerprint density at radius 3 is 2.65 bits per heavy atom. The van der Waals surface area contributed by atoms with Crippen LogP contribution in [-0.4, -0.2) is 15.8 Å². The monoisotopic (exact) mass is 300 g/mol. The standard InChI is InChI=1S/C12H21BrN4/c1-8-12(13)11(17(2)16-8)7-10(15-14)9-5-3-4-6-9/h9-10,15H,3-7,14H2,1-2H3. The van der Waals surface area contributed by atoms with E-state index in [1.54, 1.807) is 0 Å². The van der Waals surface area contributed by atoms with Crippen molar-refractivity contribution in [3.05, 3.63) is 15.9 Å². The van der Waals surface area contributed by atoms with E-state index >= 15 is 0 Å². The van der Waals surface area contributed by atoms with Crippen LogP contribution in [0.4, 0.5) is 0 Å². The van der Waals surface area contributed by atoms with Crippen LogP contribution in [0.3, 0.4) is 0 Å². The van der Waals surface area contributed by atoms with Crippen molar-refractivity contribution in [1.29, 1.82) is 0 Å². The van der Waals surface area contributed by atoms with Crippen LogP contribution < -0.4 is 11.3 Å². The van der Waals surface area contributed by atoms with E-state index in [1.165, 1.54) is 31.4 Å². The maximum Gasteiger partial charge on any atom is 0.0738 e. The number of rotatable bonds is 4. The lowest BCUT2D eigenvalue weighted by atomic mass is 9.94. The van der Waals surface area contributed by atoms with Gasteiger partial charge in [0.05, 0.1) is 15.9 Å². The molecular weight excluding hydrogens is 280 g/mol. The van der Waals surface area contributed by atoms with Gasteiger partial charge in [0.1, 0.15) is 0 Å². The molecule has 1 aromatic rings. The molecule has 0 bridgehead atoms. The van der Waals surface area contributed by atoms with E-state index in [0.29, 0.717) is 12.0 Å². The van der Waals surface area contributed by atoms with Crippen LogP contribution in [0, 0.1) is 12.8 Å². The highest BCUT2D eigenvalue weighted by molar-refractivity contribution is 9.10. The summed E-state index contributed by atoms with van der Waals surface area (Å²) in [6, 6.07) is 0.364. The van der Waals surface area contributed by atoms with Gasteiger partial charge in [-0.2, -0.15) is 5.10 Å². The van der Waals surface area contributed by atoms with Crippen molar-refractivity contribution < 1.29 is 0 Å². The smallest absolute Gasteiger partial charge is 0.0738 e. The van der Waals surface area contributed by atoms with Gasteiger partial charge >= 0.3 is 0 Å². The SMILES string of the molecule is Cc1nn(C)c(CC(NN)C2CCCC2)c1Br. The summed E-state index contributed by atoms with van der Waals surface area (Å²) in [7, 11) is 2.00. The van der Waals surface area contributed by atoms with Crippen LogP contribution in [0.2, 0.25) is 0 Å². The molecular formula is C12H21BrN4. The van der Waals surface area contributed by atoms with Crippen molar-refractivity contribution in [2.24, 2.45) is 18.8 Å². The van der Waals surface area contributed by atoms with Crippen molar-refractivity contribution >= 4 is 15.9 Å². The highest BCUT2D eigenvalue weighted by Crippen LogP contribution is 2.30. The number of nitrogens with one attached hydrogen (secondary N) is 1. The van der Waals surface area contributed by atoms with Crippen LogP contribution in [0.1, 0.15) is 37.1 Å². The summed E-state index contributed by atoms with van der Waals surface area (Å²) in [4.78, 5) is 0. The first kappa shape index (κ1) is 13.1. The number of nitrogens with zero attached hydrogens (tertiary/aromatic N) is 2. The quantitative estimate of drug-likeness (QED) is 0.661. The molecule has 1 saturated carbocycles. The molecule has 1 aliphatic rings. The molecule has 1 atom stereocenters. The fourth-order valence-electron chi connectivity index (χ4n) is 2.83. The van der Waals surface area contributed by atoms with Crippen molar-refractivity contribution in [1.82, 2.24) is 15.2 Å². The molecule has 4 nitrogen and oxygen atoms in total. The van der Waals surface area contributed by atoms with Crippen LogP contribution in [0.15, 0.2) is 4.47 Å². The molecule has 3 N–H and O–H groups in total. The van der Waals surface area contributed by atoms with Gasteiger partial charge in [-0.05, 0) is 41.6 Å². The number of nitrogens with two attached hydrogens (primary N) is 1. The molecule has 1 fully saturated rings. The zero-order valence-corrected chi connectivity index (χ0v) is 12.1. The number of hydrogen-bond acceptors (Lipinski definition) is 3. The maximum atomic E-state index is 5.71. The number of halogens is 1. The summed E-state index contributed by atoms with van der Waals surface area (Å²) in [5, 5.41) is 4.43. The van der Waals surface area contributed by atoms with Gasteiger partial charge in [-0.15, -0.1) is 0 Å². The summed E-state index contributed by atoms with van der Waals surface area (Å²) in [6.45, 7) is 2.02. The van der Waals surface area contributed by atoms with Crippen molar-refractivity contribution in [3.63, 3.8) is 0 Å². The summed E-state index contributed by atoms with van der Waals surface area (Å²) >= 11 is 3.62. The van der Waals surface area contributed by atoms with E-state index in [1.807, 2.05) is 18.7 Å². The van der Waals surface area contributed by atoms with Gasteiger partial charge in [0, 0.05) is 19.5 Å². The lowest BCUT2D eigenvalue weighted by molar-refractivity contribution is 0.355. The highest BCUT2D eigenvalue weighted by Gasteiger charge is 2.26. The molecule has 0 spiro atoms. The topological polar surface area (TPSA) is 55.9 Å². The van der Waals surface area contributed by atoms with Gasteiger partial charge in [0.2, 0.25) is 0 Å². The predicted octanol–water partition coefficient (Wildman–Crippen LogP) is 2.06. The molecule has 0 amide bonds. The van der Waals surface area contributed by atoms with E-state index in [0.717, 1.165) is 16.6 Å². The zero-order chi connectivity index (χ0) is 12.4. The van der Waals surface area contributed by atoms with Gasteiger partial charge in [0.25, 0.3) is 0 Å². The molecule has 2 rings (SSSR count). The third kappa shape index (κ3) is 2.72. The average Bonchev–Trinajstić information content (AvgIpc) is 2.89. The third-order valence-corrected chi connectivity index (χ3v) is 4.89. The molecule has 0 aromatic carbocycles. The summed E-state index contributed by atoms with van der Waals surface area (Å²) in [5.74, 6) is 6.42.